The van der Waals surface area contributed by atoms with Gasteiger partial charge in [-0.15, -0.1) is 0 Å². The second-order valence-electron chi connectivity index (χ2n) is 5.58. The summed E-state index contributed by atoms with van der Waals surface area (Å²) in [6, 6.07) is 3.85. The zero-order chi connectivity index (χ0) is 15.8. The number of nitrogens with one attached hydrogen (secondary N) is 2. The summed E-state index contributed by atoms with van der Waals surface area (Å²) in [5.74, 6) is 2.25. The maximum Gasteiger partial charge on any atom is 0.162 e. The van der Waals surface area contributed by atoms with E-state index in [0.717, 1.165) is 54.2 Å². The maximum absolute atomic E-state index is 6.37. The van der Waals surface area contributed by atoms with E-state index in [0.29, 0.717) is 13.2 Å². The number of ether oxygens (including phenoxy) is 2. The monoisotopic (exact) mass is 326 g/mol. The van der Waals surface area contributed by atoms with Crippen LogP contribution in [-0.4, -0.2) is 32.8 Å². The molecule has 0 unspecified atom stereocenters. The van der Waals surface area contributed by atoms with Crippen LogP contribution in [0.5, 0.6) is 11.5 Å². The highest BCUT2D eigenvalue weighted by Crippen LogP contribution is 2.33. The van der Waals surface area contributed by atoms with Crippen molar-refractivity contribution < 1.29 is 9.47 Å². The third-order valence-electron chi connectivity index (χ3n) is 3.92. The summed E-state index contributed by atoms with van der Waals surface area (Å²) in [5, 5.41) is 7.64. The first-order valence-electron chi connectivity index (χ1n) is 8.24. The zero-order valence-corrected chi connectivity index (χ0v) is 14.3. The summed E-state index contributed by atoms with van der Waals surface area (Å²) in [6.07, 6.45) is 2.49. The molecule has 1 aliphatic heterocycles. The Morgan fingerprint density at radius 1 is 1.14 bits per heavy atom. The van der Waals surface area contributed by atoms with E-state index >= 15 is 0 Å². The highest BCUT2D eigenvalue weighted by atomic mass is 35.5. The van der Waals surface area contributed by atoms with E-state index in [1.807, 2.05) is 26.0 Å². The molecule has 0 atom stereocenters. The van der Waals surface area contributed by atoms with Gasteiger partial charge in [0.15, 0.2) is 11.5 Å². The lowest BCUT2D eigenvalue weighted by Gasteiger charge is -2.23. The van der Waals surface area contributed by atoms with Gasteiger partial charge in [-0.2, -0.15) is 0 Å². The van der Waals surface area contributed by atoms with Crippen LogP contribution in [0, 0.1) is 5.92 Å². The van der Waals surface area contributed by atoms with Gasteiger partial charge in [0.2, 0.25) is 0 Å². The van der Waals surface area contributed by atoms with Gasteiger partial charge < -0.3 is 20.1 Å². The standard InChI is InChI=1S/C17H27ClN2O2/c1-3-21-16-9-14(15(18)10-17(16)22-4-2)12-20-11-13-5-7-19-8-6-13/h9-10,13,19-20H,3-8,11-12H2,1-2H3. The van der Waals surface area contributed by atoms with Crippen molar-refractivity contribution in [3.63, 3.8) is 0 Å². The maximum atomic E-state index is 6.37. The van der Waals surface area contributed by atoms with Crippen molar-refractivity contribution in [3.8, 4) is 11.5 Å². The Kier molecular flexibility index (Phi) is 7.30. The molecule has 1 aliphatic rings. The van der Waals surface area contributed by atoms with E-state index in [9.17, 15) is 0 Å². The van der Waals surface area contributed by atoms with E-state index < -0.39 is 0 Å². The molecule has 0 aliphatic carbocycles. The largest absolute Gasteiger partial charge is 0.490 e. The van der Waals surface area contributed by atoms with Crippen LogP contribution in [0.15, 0.2) is 12.1 Å². The number of piperidine rings is 1. The number of hydrogen-bond donors (Lipinski definition) is 2. The Labute approximate surface area is 138 Å². The van der Waals surface area contributed by atoms with Crippen LogP contribution in [0.4, 0.5) is 0 Å². The van der Waals surface area contributed by atoms with Gasteiger partial charge in [0.05, 0.1) is 13.2 Å². The molecule has 2 N–H and O–H groups in total. The van der Waals surface area contributed by atoms with E-state index in [2.05, 4.69) is 10.6 Å². The molecular formula is C17H27ClN2O2. The molecule has 4 nitrogen and oxygen atoms in total. The summed E-state index contributed by atoms with van der Waals surface area (Å²) >= 11 is 6.37. The lowest BCUT2D eigenvalue weighted by Crippen LogP contribution is -2.33. The summed E-state index contributed by atoms with van der Waals surface area (Å²) in [5.41, 5.74) is 1.06. The Morgan fingerprint density at radius 3 is 2.41 bits per heavy atom. The number of rotatable bonds is 8. The van der Waals surface area contributed by atoms with Gasteiger partial charge in [-0.05, 0) is 63.9 Å². The zero-order valence-electron chi connectivity index (χ0n) is 13.6. The molecule has 0 bridgehead atoms. The molecule has 2 rings (SSSR count). The van der Waals surface area contributed by atoms with E-state index in [4.69, 9.17) is 21.1 Å². The molecule has 0 radical (unpaired) electrons. The smallest absolute Gasteiger partial charge is 0.162 e. The Morgan fingerprint density at radius 2 is 1.77 bits per heavy atom. The molecule has 0 amide bonds. The van der Waals surface area contributed by atoms with Gasteiger partial charge in [-0.25, -0.2) is 0 Å². The first-order valence-corrected chi connectivity index (χ1v) is 8.61. The Balaban J connectivity index is 1.95. The summed E-state index contributed by atoms with van der Waals surface area (Å²) in [4.78, 5) is 0. The van der Waals surface area contributed by atoms with Crippen LogP contribution < -0.4 is 20.1 Å². The normalized spacial score (nSPS) is 15.8. The summed E-state index contributed by atoms with van der Waals surface area (Å²) < 4.78 is 11.3. The van der Waals surface area contributed by atoms with E-state index in [1.165, 1.54) is 12.8 Å². The number of hydrogen-bond acceptors (Lipinski definition) is 4. The molecule has 0 spiro atoms. The average molecular weight is 327 g/mol. The number of benzene rings is 1. The van der Waals surface area contributed by atoms with Gasteiger partial charge in [0.1, 0.15) is 0 Å². The predicted molar refractivity (Wildman–Crippen MR) is 91.1 cm³/mol. The van der Waals surface area contributed by atoms with Gasteiger partial charge in [0, 0.05) is 17.6 Å². The van der Waals surface area contributed by atoms with Crippen molar-refractivity contribution in [2.24, 2.45) is 5.92 Å². The van der Waals surface area contributed by atoms with E-state index in [1.54, 1.807) is 0 Å². The van der Waals surface area contributed by atoms with Crippen LogP contribution in [0.25, 0.3) is 0 Å². The second kappa shape index (κ2) is 9.23. The van der Waals surface area contributed by atoms with Crippen LogP contribution in [0.2, 0.25) is 5.02 Å². The van der Waals surface area contributed by atoms with E-state index in [-0.39, 0.29) is 0 Å². The fraction of sp³-hybridized carbons (Fsp3) is 0.647. The molecule has 0 aromatic heterocycles. The third kappa shape index (κ3) is 5.04. The van der Waals surface area contributed by atoms with Crippen molar-refractivity contribution in [1.82, 2.24) is 10.6 Å². The molecule has 1 saturated heterocycles. The van der Waals surface area contributed by atoms with Gasteiger partial charge >= 0.3 is 0 Å². The molecule has 1 aromatic carbocycles. The van der Waals surface area contributed by atoms with Crippen molar-refractivity contribution in [2.45, 2.75) is 33.2 Å². The predicted octanol–water partition coefficient (Wildman–Crippen LogP) is 3.23. The van der Waals surface area contributed by atoms with Gasteiger partial charge in [-0.1, -0.05) is 11.6 Å². The molecule has 1 fully saturated rings. The highest BCUT2D eigenvalue weighted by Gasteiger charge is 2.14. The fourth-order valence-corrected chi connectivity index (χ4v) is 2.97. The SMILES string of the molecule is CCOc1cc(Cl)c(CNCC2CCNCC2)cc1OCC. The van der Waals surface area contributed by atoms with Crippen LogP contribution >= 0.6 is 11.6 Å². The number of halogens is 1. The molecule has 0 saturated carbocycles. The minimum atomic E-state index is 0.601. The van der Waals surface area contributed by atoms with Crippen molar-refractivity contribution >= 4 is 11.6 Å². The molecule has 22 heavy (non-hydrogen) atoms. The highest BCUT2D eigenvalue weighted by molar-refractivity contribution is 6.31. The lowest BCUT2D eigenvalue weighted by molar-refractivity contribution is 0.287. The molecular weight excluding hydrogens is 300 g/mol. The topological polar surface area (TPSA) is 42.5 Å². The lowest BCUT2D eigenvalue weighted by atomic mass is 9.98. The summed E-state index contributed by atoms with van der Waals surface area (Å²) in [6.45, 7) is 9.20. The minimum absolute atomic E-state index is 0.601. The van der Waals surface area contributed by atoms with Gasteiger partial charge in [0.25, 0.3) is 0 Å². The third-order valence-corrected chi connectivity index (χ3v) is 4.27. The van der Waals surface area contributed by atoms with Crippen molar-refractivity contribution in [3.05, 3.63) is 22.7 Å². The molecule has 1 aromatic rings. The minimum Gasteiger partial charge on any atom is -0.490 e. The quantitative estimate of drug-likeness (QED) is 0.769. The van der Waals surface area contributed by atoms with Crippen LogP contribution in [0.3, 0.4) is 0 Å². The Bertz CT molecular complexity index is 462. The molecule has 1 heterocycles. The average Bonchev–Trinajstić information content (AvgIpc) is 2.53. The van der Waals surface area contributed by atoms with Crippen molar-refractivity contribution in [1.29, 1.82) is 0 Å². The van der Waals surface area contributed by atoms with Gasteiger partial charge in [-0.3, -0.25) is 0 Å². The fourth-order valence-electron chi connectivity index (χ4n) is 2.75. The van der Waals surface area contributed by atoms with Crippen LogP contribution in [0.1, 0.15) is 32.3 Å². The van der Waals surface area contributed by atoms with Crippen LogP contribution in [-0.2, 0) is 6.54 Å². The molecule has 5 heteroatoms. The second-order valence-corrected chi connectivity index (χ2v) is 5.99. The first-order chi connectivity index (χ1) is 10.7. The first kappa shape index (κ1) is 17.4. The van der Waals surface area contributed by atoms with Crippen molar-refractivity contribution in [2.75, 3.05) is 32.8 Å². The Hall–Kier alpha value is -0.970. The molecule has 124 valence electrons. The summed E-state index contributed by atoms with van der Waals surface area (Å²) in [7, 11) is 0.